The third kappa shape index (κ3) is 2.53. The summed E-state index contributed by atoms with van der Waals surface area (Å²) in [5.74, 6) is 0.569. The van der Waals surface area contributed by atoms with Gasteiger partial charge in [0, 0.05) is 20.4 Å². The van der Waals surface area contributed by atoms with Crippen LogP contribution < -0.4 is 0 Å². The fourth-order valence-electron chi connectivity index (χ4n) is 2.07. The van der Waals surface area contributed by atoms with Crippen LogP contribution in [0, 0.1) is 6.92 Å². The van der Waals surface area contributed by atoms with Crippen LogP contribution in [0.2, 0.25) is 10.2 Å². The van der Waals surface area contributed by atoms with Crippen molar-refractivity contribution in [3.8, 4) is 11.4 Å². The van der Waals surface area contributed by atoms with Crippen molar-refractivity contribution in [1.82, 2.24) is 9.97 Å². The number of halogens is 3. The average molecular weight is 368 g/mol. The number of aryl methyl sites for hydroxylation is 1. The molecule has 1 aromatic heterocycles. The molecule has 100 valence electrons. The molecule has 0 spiro atoms. The van der Waals surface area contributed by atoms with Gasteiger partial charge in [0.15, 0.2) is 5.82 Å². The summed E-state index contributed by atoms with van der Waals surface area (Å²) in [7, 11) is 0. The molecule has 1 heterocycles. The monoisotopic (exact) mass is 366 g/mol. The zero-order chi connectivity index (χ0) is 14.3. The maximum atomic E-state index is 6.26. The van der Waals surface area contributed by atoms with Crippen molar-refractivity contribution in [2.75, 3.05) is 0 Å². The lowest BCUT2D eigenvalue weighted by Gasteiger charge is -2.07. The largest absolute Gasteiger partial charge is 0.227 e. The second-order valence-electron chi connectivity index (χ2n) is 4.49. The van der Waals surface area contributed by atoms with E-state index >= 15 is 0 Å². The summed E-state index contributed by atoms with van der Waals surface area (Å²) in [5, 5.41) is 1.92. The number of nitrogens with zero attached hydrogens (tertiary/aromatic N) is 2. The summed E-state index contributed by atoms with van der Waals surface area (Å²) in [6.07, 6.45) is 0. The van der Waals surface area contributed by atoms with Gasteiger partial charge in [-0.1, -0.05) is 29.3 Å². The fourth-order valence-corrected chi connectivity index (χ4v) is 3.05. The highest BCUT2D eigenvalue weighted by molar-refractivity contribution is 9.10. The van der Waals surface area contributed by atoms with Crippen molar-refractivity contribution >= 4 is 50.0 Å². The number of hydrogen-bond acceptors (Lipinski definition) is 2. The van der Waals surface area contributed by atoms with E-state index in [2.05, 4.69) is 25.9 Å². The molecule has 0 atom stereocenters. The molecule has 0 fully saturated rings. The van der Waals surface area contributed by atoms with Gasteiger partial charge in [-0.2, -0.15) is 0 Å². The first-order valence-corrected chi connectivity index (χ1v) is 7.49. The van der Waals surface area contributed by atoms with Gasteiger partial charge in [-0.15, -0.1) is 0 Å². The highest BCUT2D eigenvalue weighted by Gasteiger charge is 2.10. The third-order valence-corrected chi connectivity index (χ3v) is 4.08. The Kier molecular flexibility index (Phi) is 3.67. The Morgan fingerprint density at radius 3 is 2.60 bits per heavy atom. The number of benzene rings is 2. The molecule has 0 bridgehead atoms. The second kappa shape index (κ2) is 5.32. The van der Waals surface area contributed by atoms with Gasteiger partial charge in [0.05, 0.1) is 5.52 Å². The zero-order valence-corrected chi connectivity index (χ0v) is 13.6. The Labute approximate surface area is 134 Å². The van der Waals surface area contributed by atoms with E-state index < -0.39 is 0 Å². The maximum absolute atomic E-state index is 6.26. The van der Waals surface area contributed by atoms with Gasteiger partial charge in [0.1, 0.15) is 5.15 Å². The number of rotatable bonds is 1. The van der Waals surface area contributed by atoms with Gasteiger partial charge < -0.3 is 0 Å². The molecule has 0 saturated carbocycles. The first kappa shape index (κ1) is 13.8. The van der Waals surface area contributed by atoms with Crippen molar-refractivity contribution in [1.29, 1.82) is 0 Å². The molecule has 0 aliphatic carbocycles. The summed E-state index contributed by atoms with van der Waals surface area (Å²) in [6, 6.07) is 11.5. The standard InChI is InChI=1S/C15H9BrCl2N2/c1-8-5-9(7-10(17)6-8)15-19-13-11(14(18)20-15)3-2-4-12(13)16/h2-7H,1H3. The smallest absolute Gasteiger partial charge is 0.161 e. The van der Waals surface area contributed by atoms with Crippen LogP contribution in [0.5, 0.6) is 0 Å². The van der Waals surface area contributed by atoms with Gasteiger partial charge >= 0.3 is 0 Å². The van der Waals surface area contributed by atoms with Gasteiger partial charge in [-0.3, -0.25) is 0 Å². The SMILES string of the molecule is Cc1cc(Cl)cc(-c2nc(Cl)c3cccc(Br)c3n2)c1. The van der Waals surface area contributed by atoms with E-state index in [4.69, 9.17) is 23.2 Å². The van der Waals surface area contributed by atoms with E-state index in [0.29, 0.717) is 16.0 Å². The van der Waals surface area contributed by atoms with Crippen molar-refractivity contribution in [2.45, 2.75) is 6.92 Å². The Bertz CT molecular complexity index is 798. The zero-order valence-electron chi connectivity index (χ0n) is 10.5. The lowest BCUT2D eigenvalue weighted by atomic mass is 10.1. The summed E-state index contributed by atoms with van der Waals surface area (Å²) in [6.45, 7) is 1.98. The third-order valence-electron chi connectivity index (χ3n) is 2.93. The van der Waals surface area contributed by atoms with Crippen LogP contribution in [-0.4, -0.2) is 9.97 Å². The molecule has 0 aliphatic rings. The normalized spacial score (nSPS) is 11.0. The Hall–Kier alpha value is -1.16. The lowest BCUT2D eigenvalue weighted by Crippen LogP contribution is -1.93. The summed E-state index contributed by atoms with van der Waals surface area (Å²) >= 11 is 15.8. The van der Waals surface area contributed by atoms with Crippen LogP contribution in [0.1, 0.15) is 5.56 Å². The highest BCUT2D eigenvalue weighted by atomic mass is 79.9. The summed E-state index contributed by atoms with van der Waals surface area (Å²) in [5.41, 5.74) is 2.70. The minimum atomic E-state index is 0.434. The van der Waals surface area contributed by atoms with Gasteiger partial charge in [0.25, 0.3) is 0 Å². The maximum Gasteiger partial charge on any atom is 0.161 e. The van der Waals surface area contributed by atoms with Gasteiger partial charge in [0.2, 0.25) is 0 Å². The van der Waals surface area contributed by atoms with E-state index in [9.17, 15) is 0 Å². The van der Waals surface area contributed by atoms with Crippen LogP contribution in [0.15, 0.2) is 40.9 Å². The first-order chi connectivity index (χ1) is 9.54. The van der Waals surface area contributed by atoms with E-state index in [1.807, 2.05) is 43.3 Å². The van der Waals surface area contributed by atoms with E-state index in [0.717, 1.165) is 26.5 Å². The summed E-state index contributed by atoms with van der Waals surface area (Å²) in [4.78, 5) is 8.96. The van der Waals surface area contributed by atoms with E-state index in [1.165, 1.54) is 0 Å². The van der Waals surface area contributed by atoms with Crippen LogP contribution in [-0.2, 0) is 0 Å². The van der Waals surface area contributed by atoms with Gasteiger partial charge in [-0.25, -0.2) is 9.97 Å². The average Bonchev–Trinajstić information content (AvgIpc) is 2.38. The molecular weight excluding hydrogens is 359 g/mol. The second-order valence-corrected chi connectivity index (χ2v) is 6.14. The minimum absolute atomic E-state index is 0.434. The van der Waals surface area contributed by atoms with Crippen LogP contribution in [0.4, 0.5) is 0 Å². The Morgan fingerprint density at radius 1 is 1.05 bits per heavy atom. The van der Waals surface area contributed by atoms with E-state index in [1.54, 1.807) is 0 Å². The van der Waals surface area contributed by atoms with Gasteiger partial charge in [-0.05, 0) is 58.7 Å². The molecule has 3 rings (SSSR count). The molecule has 3 aromatic rings. The number of hydrogen-bond donors (Lipinski definition) is 0. The molecule has 0 radical (unpaired) electrons. The molecule has 2 aromatic carbocycles. The molecule has 0 amide bonds. The number of fused-ring (bicyclic) bond motifs is 1. The van der Waals surface area contributed by atoms with Crippen LogP contribution in [0.3, 0.4) is 0 Å². The molecule has 0 N–H and O–H groups in total. The summed E-state index contributed by atoms with van der Waals surface area (Å²) < 4.78 is 0.888. The Balaban J connectivity index is 2.29. The Morgan fingerprint density at radius 2 is 1.85 bits per heavy atom. The first-order valence-electron chi connectivity index (χ1n) is 5.94. The predicted octanol–water partition coefficient (Wildman–Crippen LogP) is 5.67. The molecule has 2 nitrogen and oxygen atoms in total. The molecule has 0 unspecified atom stereocenters. The highest BCUT2D eigenvalue weighted by Crippen LogP contribution is 2.30. The van der Waals surface area contributed by atoms with Crippen LogP contribution in [0.25, 0.3) is 22.3 Å². The predicted molar refractivity (Wildman–Crippen MR) is 87.4 cm³/mol. The molecular formula is C15H9BrCl2N2. The van der Waals surface area contributed by atoms with Crippen molar-refractivity contribution < 1.29 is 0 Å². The molecule has 0 aliphatic heterocycles. The number of aromatic nitrogens is 2. The quantitative estimate of drug-likeness (QED) is 0.517. The topological polar surface area (TPSA) is 25.8 Å². The molecule has 0 saturated heterocycles. The number of para-hydroxylation sites is 1. The lowest BCUT2D eigenvalue weighted by molar-refractivity contribution is 1.22. The van der Waals surface area contributed by atoms with Crippen LogP contribution >= 0.6 is 39.1 Å². The van der Waals surface area contributed by atoms with Crippen molar-refractivity contribution in [2.24, 2.45) is 0 Å². The molecule has 5 heteroatoms. The fraction of sp³-hybridized carbons (Fsp3) is 0.0667. The minimum Gasteiger partial charge on any atom is -0.227 e. The van der Waals surface area contributed by atoms with E-state index in [-0.39, 0.29) is 0 Å². The van der Waals surface area contributed by atoms with Crippen molar-refractivity contribution in [3.05, 3.63) is 56.6 Å². The van der Waals surface area contributed by atoms with Crippen molar-refractivity contribution in [3.63, 3.8) is 0 Å². The molecule has 20 heavy (non-hydrogen) atoms.